The van der Waals surface area contributed by atoms with Crippen molar-refractivity contribution in [2.24, 2.45) is 0 Å². The molecule has 2 aromatic rings. The van der Waals surface area contributed by atoms with Gasteiger partial charge >= 0.3 is 0 Å². The molecule has 0 spiro atoms. The molecule has 1 saturated heterocycles. The second-order valence-electron chi connectivity index (χ2n) is 8.00. The average Bonchev–Trinajstić information content (AvgIpc) is 3.01. The van der Waals surface area contributed by atoms with Crippen molar-refractivity contribution in [2.45, 2.75) is 39.2 Å². The van der Waals surface area contributed by atoms with Crippen LogP contribution in [-0.2, 0) is 9.59 Å². The van der Waals surface area contributed by atoms with Crippen molar-refractivity contribution < 1.29 is 23.1 Å². The van der Waals surface area contributed by atoms with E-state index in [0.717, 1.165) is 42.4 Å². The van der Waals surface area contributed by atoms with Gasteiger partial charge in [-0.15, -0.1) is 0 Å². The Morgan fingerprint density at radius 3 is 2.23 bits per heavy atom. The molecule has 0 saturated carbocycles. The third kappa shape index (κ3) is 4.04. The number of piperidine rings is 1. The smallest absolute Gasteiger partial charge is 0.282 e. The van der Waals surface area contributed by atoms with Crippen LogP contribution < -0.4 is 9.64 Å². The van der Waals surface area contributed by atoms with Crippen molar-refractivity contribution in [1.82, 2.24) is 4.90 Å². The first kappa shape index (κ1) is 21.0. The van der Waals surface area contributed by atoms with Crippen molar-refractivity contribution >= 4 is 23.1 Å². The number of ether oxygens (including phenoxy) is 1. The lowest BCUT2D eigenvalue weighted by atomic mass is 10.0. The zero-order valence-electron chi connectivity index (χ0n) is 17.5. The van der Waals surface area contributed by atoms with Crippen molar-refractivity contribution in [3.63, 3.8) is 0 Å². The highest BCUT2D eigenvalue weighted by molar-refractivity contribution is 6.45. The summed E-state index contributed by atoms with van der Waals surface area (Å²) < 4.78 is 34.0. The Kier molecular flexibility index (Phi) is 5.76. The number of rotatable bonds is 5. The van der Waals surface area contributed by atoms with E-state index in [1.165, 1.54) is 0 Å². The highest BCUT2D eigenvalue weighted by Gasteiger charge is 2.43. The summed E-state index contributed by atoms with van der Waals surface area (Å²) in [6.45, 7) is 5.09. The number of nitrogens with zero attached hydrogens (tertiary/aromatic N) is 2. The van der Waals surface area contributed by atoms with Crippen LogP contribution in [0.4, 0.5) is 14.5 Å². The number of benzene rings is 2. The number of carbonyl (C=O) groups is 2. The zero-order chi connectivity index (χ0) is 22.1. The highest BCUT2D eigenvalue weighted by Crippen LogP contribution is 2.37. The Balaban J connectivity index is 1.79. The van der Waals surface area contributed by atoms with Gasteiger partial charge in [-0.05, 0) is 62.9 Å². The minimum Gasteiger partial charge on any atom is -0.491 e. The van der Waals surface area contributed by atoms with Crippen molar-refractivity contribution in [3.05, 3.63) is 65.4 Å². The van der Waals surface area contributed by atoms with E-state index in [4.69, 9.17) is 4.74 Å². The lowest BCUT2D eigenvalue weighted by Crippen LogP contribution is -2.37. The molecule has 7 heteroatoms. The monoisotopic (exact) mass is 426 g/mol. The first-order valence-electron chi connectivity index (χ1n) is 10.5. The molecule has 4 rings (SSSR count). The minimum absolute atomic E-state index is 0.00453. The van der Waals surface area contributed by atoms with E-state index >= 15 is 0 Å². The second-order valence-corrected chi connectivity index (χ2v) is 8.00. The van der Waals surface area contributed by atoms with E-state index in [9.17, 15) is 18.4 Å². The molecule has 1 fully saturated rings. The topological polar surface area (TPSA) is 49.9 Å². The lowest BCUT2D eigenvalue weighted by molar-refractivity contribution is -0.120. The van der Waals surface area contributed by atoms with Gasteiger partial charge in [0.05, 0.1) is 17.4 Å². The van der Waals surface area contributed by atoms with Crippen LogP contribution in [-0.4, -0.2) is 35.9 Å². The predicted molar refractivity (Wildman–Crippen MR) is 113 cm³/mol. The van der Waals surface area contributed by atoms with Crippen LogP contribution >= 0.6 is 0 Å². The second kappa shape index (κ2) is 8.49. The molecule has 2 aliphatic heterocycles. The van der Waals surface area contributed by atoms with E-state index in [2.05, 4.69) is 0 Å². The molecule has 31 heavy (non-hydrogen) atoms. The van der Waals surface area contributed by atoms with Crippen LogP contribution in [0.15, 0.2) is 48.2 Å². The summed E-state index contributed by atoms with van der Waals surface area (Å²) in [5, 5.41) is 0. The predicted octanol–water partition coefficient (Wildman–Crippen LogP) is 4.52. The van der Waals surface area contributed by atoms with E-state index in [0.29, 0.717) is 24.4 Å². The van der Waals surface area contributed by atoms with Gasteiger partial charge in [0.25, 0.3) is 11.8 Å². The molecule has 0 bridgehead atoms. The molecule has 2 aliphatic rings. The van der Waals surface area contributed by atoms with Gasteiger partial charge in [-0.1, -0.05) is 12.1 Å². The van der Waals surface area contributed by atoms with Crippen molar-refractivity contribution in [2.75, 3.05) is 18.0 Å². The summed E-state index contributed by atoms with van der Waals surface area (Å²) >= 11 is 0. The van der Waals surface area contributed by atoms with Gasteiger partial charge in [-0.25, -0.2) is 13.7 Å². The fourth-order valence-electron chi connectivity index (χ4n) is 4.04. The van der Waals surface area contributed by atoms with Gasteiger partial charge in [0.2, 0.25) is 0 Å². The summed E-state index contributed by atoms with van der Waals surface area (Å²) in [4.78, 5) is 29.4. The Morgan fingerprint density at radius 2 is 1.58 bits per heavy atom. The zero-order valence-corrected chi connectivity index (χ0v) is 17.5. The molecule has 2 aromatic carbocycles. The Bertz CT molecular complexity index is 1040. The number of hydrogen-bond donors (Lipinski definition) is 0. The quantitative estimate of drug-likeness (QED) is 0.660. The molecule has 162 valence electrons. The van der Waals surface area contributed by atoms with Gasteiger partial charge in [-0.2, -0.15) is 0 Å². The molecule has 0 unspecified atom stereocenters. The van der Waals surface area contributed by atoms with Crippen LogP contribution in [0, 0.1) is 11.6 Å². The molecule has 0 N–H and O–H groups in total. The van der Waals surface area contributed by atoms with Crippen LogP contribution in [0.5, 0.6) is 5.75 Å². The molecule has 0 atom stereocenters. The number of anilines is 1. The maximum absolute atomic E-state index is 14.5. The molecular formula is C24H24F2N2O3. The SMILES string of the molecule is CC(C)Oc1ccc(C2=C(N3CCCCC3)C(=O)N(c3cc(F)ccc3F)C2=O)cc1. The fraction of sp³-hybridized carbons (Fsp3) is 0.333. The van der Waals surface area contributed by atoms with Crippen LogP contribution in [0.2, 0.25) is 0 Å². The molecule has 5 nitrogen and oxygen atoms in total. The molecular weight excluding hydrogens is 402 g/mol. The summed E-state index contributed by atoms with van der Waals surface area (Å²) in [5.41, 5.74) is 0.603. The fourth-order valence-corrected chi connectivity index (χ4v) is 4.04. The van der Waals surface area contributed by atoms with E-state index in [1.54, 1.807) is 24.3 Å². The van der Waals surface area contributed by atoms with Gasteiger partial charge in [0.1, 0.15) is 23.1 Å². The summed E-state index contributed by atoms with van der Waals surface area (Å²) in [7, 11) is 0. The van der Waals surface area contributed by atoms with Gasteiger partial charge in [-0.3, -0.25) is 9.59 Å². The Morgan fingerprint density at radius 1 is 0.903 bits per heavy atom. The van der Waals surface area contributed by atoms with E-state index in [1.807, 2.05) is 18.7 Å². The largest absolute Gasteiger partial charge is 0.491 e. The summed E-state index contributed by atoms with van der Waals surface area (Å²) in [6.07, 6.45) is 2.83. The van der Waals surface area contributed by atoms with Gasteiger partial charge in [0, 0.05) is 19.2 Å². The molecule has 2 amide bonds. The van der Waals surface area contributed by atoms with Crippen LogP contribution in [0.3, 0.4) is 0 Å². The summed E-state index contributed by atoms with van der Waals surface area (Å²) in [5.74, 6) is -2.20. The molecule has 2 heterocycles. The minimum atomic E-state index is -0.831. The summed E-state index contributed by atoms with van der Waals surface area (Å²) in [6, 6.07) is 9.65. The average molecular weight is 426 g/mol. The first-order chi connectivity index (χ1) is 14.9. The highest BCUT2D eigenvalue weighted by atomic mass is 19.1. The first-order valence-corrected chi connectivity index (χ1v) is 10.5. The van der Waals surface area contributed by atoms with Gasteiger partial charge in [0.15, 0.2) is 0 Å². The van der Waals surface area contributed by atoms with Gasteiger partial charge < -0.3 is 9.64 Å². The maximum atomic E-state index is 14.5. The third-order valence-corrected chi connectivity index (χ3v) is 5.40. The normalized spacial score (nSPS) is 17.2. The van der Waals surface area contributed by atoms with Crippen LogP contribution in [0.25, 0.3) is 5.57 Å². The maximum Gasteiger partial charge on any atom is 0.282 e. The Hall–Kier alpha value is -3.22. The van der Waals surface area contributed by atoms with Crippen molar-refractivity contribution in [1.29, 1.82) is 0 Å². The van der Waals surface area contributed by atoms with Crippen molar-refractivity contribution in [3.8, 4) is 5.75 Å². The number of carbonyl (C=O) groups excluding carboxylic acids is 2. The third-order valence-electron chi connectivity index (χ3n) is 5.40. The lowest BCUT2D eigenvalue weighted by Gasteiger charge is -2.29. The number of amides is 2. The number of imide groups is 1. The molecule has 0 aliphatic carbocycles. The number of hydrogen-bond acceptors (Lipinski definition) is 4. The Labute approximate surface area is 179 Å². The van der Waals surface area contributed by atoms with Crippen LogP contribution in [0.1, 0.15) is 38.7 Å². The van der Waals surface area contributed by atoms with E-state index in [-0.39, 0.29) is 23.1 Å². The number of halogens is 2. The molecule has 0 aromatic heterocycles. The standard InChI is InChI=1S/C24H24F2N2O3/c1-15(2)31-18-9-6-16(7-10-18)21-22(27-12-4-3-5-13-27)24(30)28(23(21)29)20-14-17(25)8-11-19(20)26/h6-11,14-15H,3-5,12-13H2,1-2H3. The molecule has 0 radical (unpaired) electrons. The van der Waals surface area contributed by atoms with E-state index < -0.39 is 23.4 Å². The number of likely N-dealkylation sites (tertiary alicyclic amines) is 1.